The fourth-order valence-corrected chi connectivity index (χ4v) is 3.09. The van der Waals surface area contributed by atoms with E-state index in [0.29, 0.717) is 13.0 Å². The van der Waals surface area contributed by atoms with Gasteiger partial charge in [-0.25, -0.2) is 4.79 Å². The van der Waals surface area contributed by atoms with Gasteiger partial charge < -0.3 is 20.7 Å². The average molecular weight is 401 g/mol. The smallest absolute Gasteiger partial charge is 0.405 e. The van der Waals surface area contributed by atoms with Gasteiger partial charge in [-0.2, -0.15) is 0 Å². The minimum absolute atomic E-state index is 0.0688. The maximum absolute atomic E-state index is 12.4. The largest absolute Gasteiger partial charge is 0.573 e. The van der Waals surface area contributed by atoms with Crippen LogP contribution in [0.1, 0.15) is 50.5 Å². The van der Waals surface area contributed by atoms with Crippen molar-refractivity contribution in [3.63, 3.8) is 0 Å². The number of para-hydroxylation sites is 1. The fourth-order valence-electron chi connectivity index (χ4n) is 3.09. The van der Waals surface area contributed by atoms with Crippen LogP contribution in [0.25, 0.3) is 0 Å². The van der Waals surface area contributed by atoms with Gasteiger partial charge in [0.2, 0.25) is 5.91 Å². The molecule has 1 fully saturated rings. The van der Waals surface area contributed by atoms with E-state index in [1.54, 1.807) is 6.07 Å². The van der Waals surface area contributed by atoms with Crippen molar-refractivity contribution in [2.45, 2.75) is 63.9 Å². The molecule has 1 aliphatic rings. The molecule has 9 heteroatoms. The Hall–Kier alpha value is -2.45. The van der Waals surface area contributed by atoms with E-state index in [0.717, 1.165) is 25.7 Å². The van der Waals surface area contributed by atoms with E-state index < -0.39 is 6.36 Å². The molecule has 1 aromatic rings. The molecule has 0 aromatic heterocycles. The molecule has 28 heavy (non-hydrogen) atoms. The summed E-state index contributed by atoms with van der Waals surface area (Å²) in [4.78, 5) is 23.7. The number of benzene rings is 1. The SMILES string of the molecule is O=C(CCCNC(=O)NC1CCCCC1)NCc1ccccc1OC(F)(F)F. The molecule has 0 bridgehead atoms. The lowest BCUT2D eigenvalue weighted by atomic mass is 9.96. The first kappa shape index (κ1) is 21.8. The lowest BCUT2D eigenvalue weighted by molar-refractivity contribution is -0.274. The van der Waals surface area contributed by atoms with Gasteiger partial charge in [-0.15, -0.1) is 13.2 Å². The second kappa shape index (κ2) is 10.8. The minimum Gasteiger partial charge on any atom is -0.405 e. The van der Waals surface area contributed by atoms with E-state index >= 15 is 0 Å². The van der Waals surface area contributed by atoms with Crippen LogP contribution in [-0.4, -0.2) is 30.9 Å². The van der Waals surface area contributed by atoms with Crippen LogP contribution < -0.4 is 20.7 Å². The number of halogens is 3. The highest BCUT2D eigenvalue weighted by Crippen LogP contribution is 2.26. The summed E-state index contributed by atoms with van der Waals surface area (Å²) in [5.41, 5.74) is 0.234. The highest BCUT2D eigenvalue weighted by molar-refractivity contribution is 5.76. The van der Waals surface area contributed by atoms with Gasteiger partial charge in [0.1, 0.15) is 5.75 Å². The molecule has 0 saturated heterocycles. The average Bonchev–Trinajstić information content (AvgIpc) is 2.64. The summed E-state index contributed by atoms with van der Waals surface area (Å²) in [6, 6.07) is 5.64. The standard InChI is InChI=1S/C19H26F3N3O3/c20-19(21,22)28-16-10-5-4-7-14(16)13-24-17(26)11-6-12-23-18(27)25-15-8-2-1-3-9-15/h4-5,7,10,15H,1-3,6,8-9,11-13H2,(H,24,26)(H2,23,25,27). The molecule has 3 N–H and O–H groups in total. The Morgan fingerprint density at radius 2 is 1.79 bits per heavy atom. The maximum Gasteiger partial charge on any atom is 0.573 e. The van der Waals surface area contributed by atoms with Gasteiger partial charge in [0, 0.05) is 31.1 Å². The van der Waals surface area contributed by atoms with Crippen LogP contribution in [-0.2, 0) is 11.3 Å². The number of hydrogen-bond donors (Lipinski definition) is 3. The second-order valence-corrected chi connectivity index (χ2v) is 6.77. The van der Waals surface area contributed by atoms with Crippen LogP contribution in [0.4, 0.5) is 18.0 Å². The quantitative estimate of drug-likeness (QED) is 0.582. The summed E-state index contributed by atoms with van der Waals surface area (Å²) in [7, 11) is 0. The summed E-state index contributed by atoms with van der Waals surface area (Å²) in [5.74, 6) is -0.646. The van der Waals surface area contributed by atoms with Crippen LogP contribution in [0, 0.1) is 0 Å². The Morgan fingerprint density at radius 3 is 2.50 bits per heavy atom. The van der Waals surface area contributed by atoms with Crippen molar-refractivity contribution in [3.8, 4) is 5.75 Å². The number of nitrogens with one attached hydrogen (secondary N) is 3. The molecule has 0 unspecified atom stereocenters. The number of urea groups is 1. The van der Waals surface area contributed by atoms with Gasteiger partial charge in [0.25, 0.3) is 0 Å². The van der Waals surface area contributed by atoms with Crippen LogP contribution in [0.5, 0.6) is 5.75 Å². The van der Waals surface area contributed by atoms with Gasteiger partial charge in [0.05, 0.1) is 0 Å². The highest BCUT2D eigenvalue weighted by Gasteiger charge is 2.31. The number of amides is 3. The molecule has 0 spiro atoms. The van der Waals surface area contributed by atoms with E-state index in [4.69, 9.17) is 0 Å². The van der Waals surface area contributed by atoms with Gasteiger partial charge in [0.15, 0.2) is 0 Å². The molecule has 1 saturated carbocycles. The van der Waals surface area contributed by atoms with Crippen LogP contribution in [0.3, 0.4) is 0 Å². The van der Waals surface area contributed by atoms with Crippen molar-refractivity contribution in [2.75, 3.05) is 6.54 Å². The molecule has 3 amide bonds. The molecule has 1 aliphatic carbocycles. The van der Waals surface area contributed by atoms with Crippen molar-refractivity contribution in [3.05, 3.63) is 29.8 Å². The van der Waals surface area contributed by atoms with Crippen LogP contribution in [0.15, 0.2) is 24.3 Å². The summed E-state index contributed by atoms with van der Waals surface area (Å²) in [5, 5.41) is 8.21. The van der Waals surface area contributed by atoms with E-state index in [-0.39, 0.29) is 42.3 Å². The molecule has 0 radical (unpaired) electrons. The van der Waals surface area contributed by atoms with Crippen molar-refractivity contribution < 1.29 is 27.5 Å². The Labute approximate surface area is 162 Å². The zero-order valence-corrected chi connectivity index (χ0v) is 15.6. The first-order chi connectivity index (χ1) is 13.3. The normalized spacial score (nSPS) is 15.0. The number of rotatable bonds is 8. The zero-order chi connectivity index (χ0) is 20.4. The second-order valence-electron chi connectivity index (χ2n) is 6.77. The molecular weight excluding hydrogens is 375 g/mol. The predicted molar refractivity (Wildman–Crippen MR) is 97.6 cm³/mol. The molecule has 6 nitrogen and oxygen atoms in total. The van der Waals surface area contributed by atoms with E-state index in [1.165, 1.54) is 24.6 Å². The molecule has 2 rings (SSSR count). The van der Waals surface area contributed by atoms with Gasteiger partial charge in [-0.1, -0.05) is 37.5 Å². The van der Waals surface area contributed by atoms with Gasteiger partial charge in [-0.05, 0) is 25.3 Å². The lowest BCUT2D eigenvalue weighted by Crippen LogP contribution is -2.43. The number of carbonyl (C=O) groups is 2. The maximum atomic E-state index is 12.4. The Balaban J connectivity index is 1.63. The van der Waals surface area contributed by atoms with E-state index in [9.17, 15) is 22.8 Å². The molecule has 0 aliphatic heterocycles. The molecule has 0 atom stereocenters. The van der Waals surface area contributed by atoms with Crippen molar-refractivity contribution in [2.24, 2.45) is 0 Å². The predicted octanol–water partition coefficient (Wildman–Crippen LogP) is 3.61. The van der Waals surface area contributed by atoms with Gasteiger partial charge in [-0.3, -0.25) is 4.79 Å². The zero-order valence-electron chi connectivity index (χ0n) is 15.6. The summed E-state index contributed by atoms with van der Waals surface area (Å²) >= 11 is 0. The van der Waals surface area contributed by atoms with Crippen LogP contribution >= 0.6 is 0 Å². The first-order valence-corrected chi connectivity index (χ1v) is 9.48. The third-order valence-corrected chi connectivity index (χ3v) is 4.48. The summed E-state index contributed by atoms with van der Waals surface area (Å²) < 4.78 is 41.1. The van der Waals surface area contributed by atoms with E-state index in [1.807, 2.05) is 0 Å². The monoisotopic (exact) mass is 401 g/mol. The van der Waals surface area contributed by atoms with E-state index in [2.05, 4.69) is 20.7 Å². The Bertz CT molecular complexity index is 647. The number of alkyl halides is 3. The third kappa shape index (κ3) is 8.49. The van der Waals surface area contributed by atoms with Crippen LogP contribution in [0.2, 0.25) is 0 Å². The van der Waals surface area contributed by atoms with Crippen molar-refractivity contribution in [1.82, 2.24) is 16.0 Å². The Kier molecular flexibility index (Phi) is 8.41. The fraction of sp³-hybridized carbons (Fsp3) is 0.579. The highest BCUT2D eigenvalue weighted by atomic mass is 19.4. The Morgan fingerprint density at radius 1 is 1.07 bits per heavy atom. The molecule has 156 valence electrons. The van der Waals surface area contributed by atoms with Gasteiger partial charge >= 0.3 is 12.4 Å². The number of ether oxygens (including phenoxy) is 1. The van der Waals surface area contributed by atoms with Crippen molar-refractivity contribution >= 4 is 11.9 Å². The van der Waals surface area contributed by atoms with Crippen molar-refractivity contribution in [1.29, 1.82) is 0 Å². The number of hydrogen-bond acceptors (Lipinski definition) is 3. The first-order valence-electron chi connectivity index (χ1n) is 9.48. The molecule has 1 aromatic carbocycles. The summed E-state index contributed by atoms with van der Waals surface area (Å²) in [6.45, 7) is 0.278. The summed E-state index contributed by atoms with van der Waals surface area (Å²) in [6.07, 6.45) is 1.26. The molecular formula is C19H26F3N3O3. The third-order valence-electron chi connectivity index (χ3n) is 4.48. The molecule has 0 heterocycles. The number of carbonyl (C=O) groups excluding carboxylic acids is 2. The minimum atomic E-state index is -4.79. The topological polar surface area (TPSA) is 79.5 Å². The lowest BCUT2D eigenvalue weighted by Gasteiger charge is -2.22.